The second-order valence-corrected chi connectivity index (χ2v) is 5.40. The smallest absolute Gasteiger partial charge is 0.0757 e. The van der Waals surface area contributed by atoms with Crippen LogP contribution in [-0.2, 0) is 5.75 Å². The van der Waals surface area contributed by atoms with Crippen LogP contribution in [0.4, 0.5) is 0 Å². The SMILES string of the molecule is C[C@@H](CO)[C@@](C)(O)CSCc1ccccc1. The summed E-state index contributed by atoms with van der Waals surface area (Å²) >= 11 is 1.70. The highest BCUT2D eigenvalue weighted by molar-refractivity contribution is 7.98. The van der Waals surface area contributed by atoms with Gasteiger partial charge in [0.05, 0.1) is 5.60 Å². The third kappa shape index (κ3) is 4.16. The Morgan fingerprint density at radius 2 is 1.94 bits per heavy atom. The fourth-order valence-corrected chi connectivity index (χ4v) is 2.52. The lowest BCUT2D eigenvalue weighted by Crippen LogP contribution is -2.37. The summed E-state index contributed by atoms with van der Waals surface area (Å²) in [7, 11) is 0. The maximum Gasteiger partial charge on any atom is 0.0757 e. The average Bonchev–Trinajstić information content (AvgIpc) is 2.29. The van der Waals surface area contributed by atoms with Crippen LogP contribution in [0, 0.1) is 5.92 Å². The Morgan fingerprint density at radius 3 is 2.50 bits per heavy atom. The number of hydrogen-bond acceptors (Lipinski definition) is 3. The highest BCUT2D eigenvalue weighted by Crippen LogP contribution is 2.23. The van der Waals surface area contributed by atoms with E-state index in [9.17, 15) is 5.11 Å². The Morgan fingerprint density at radius 1 is 1.31 bits per heavy atom. The van der Waals surface area contributed by atoms with Crippen molar-refractivity contribution < 1.29 is 10.2 Å². The van der Waals surface area contributed by atoms with Crippen molar-refractivity contribution >= 4 is 11.8 Å². The Kier molecular flexibility index (Phi) is 5.32. The quantitative estimate of drug-likeness (QED) is 0.801. The van der Waals surface area contributed by atoms with E-state index in [1.807, 2.05) is 25.1 Å². The molecule has 16 heavy (non-hydrogen) atoms. The highest BCUT2D eigenvalue weighted by atomic mass is 32.2. The van der Waals surface area contributed by atoms with Crippen molar-refractivity contribution in [3.8, 4) is 0 Å². The van der Waals surface area contributed by atoms with Crippen molar-refractivity contribution in [3.63, 3.8) is 0 Å². The zero-order chi connectivity index (χ0) is 12.0. The summed E-state index contributed by atoms with van der Waals surface area (Å²) in [6, 6.07) is 10.2. The van der Waals surface area contributed by atoms with E-state index in [1.165, 1.54) is 5.56 Å². The van der Waals surface area contributed by atoms with Crippen LogP contribution in [0.1, 0.15) is 19.4 Å². The van der Waals surface area contributed by atoms with Gasteiger partial charge in [-0.15, -0.1) is 0 Å². The summed E-state index contributed by atoms with van der Waals surface area (Å²) in [6.07, 6.45) is 0. The van der Waals surface area contributed by atoms with Crippen molar-refractivity contribution in [1.29, 1.82) is 0 Å². The van der Waals surface area contributed by atoms with Gasteiger partial charge in [0.15, 0.2) is 0 Å². The molecule has 0 saturated carbocycles. The molecule has 2 nitrogen and oxygen atoms in total. The first-order valence-electron chi connectivity index (χ1n) is 5.51. The summed E-state index contributed by atoms with van der Waals surface area (Å²) < 4.78 is 0. The van der Waals surface area contributed by atoms with Gasteiger partial charge in [0.25, 0.3) is 0 Å². The molecule has 0 aromatic heterocycles. The van der Waals surface area contributed by atoms with Crippen LogP contribution in [0.25, 0.3) is 0 Å². The van der Waals surface area contributed by atoms with Gasteiger partial charge in [0.2, 0.25) is 0 Å². The number of aliphatic hydroxyl groups is 2. The molecule has 0 aliphatic heterocycles. The van der Waals surface area contributed by atoms with E-state index >= 15 is 0 Å². The number of aliphatic hydroxyl groups excluding tert-OH is 1. The second-order valence-electron chi connectivity index (χ2n) is 4.42. The fourth-order valence-electron chi connectivity index (χ4n) is 1.29. The van der Waals surface area contributed by atoms with E-state index in [0.29, 0.717) is 5.75 Å². The molecule has 0 saturated heterocycles. The van der Waals surface area contributed by atoms with Gasteiger partial charge in [-0.05, 0) is 12.5 Å². The van der Waals surface area contributed by atoms with Gasteiger partial charge < -0.3 is 10.2 Å². The lowest BCUT2D eigenvalue weighted by molar-refractivity contribution is 0.00446. The third-order valence-electron chi connectivity index (χ3n) is 2.84. The molecule has 3 heteroatoms. The van der Waals surface area contributed by atoms with Crippen molar-refractivity contribution in [2.24, 2.45) is 5.92 Å². The number of hydrogen-bond donors (Lipinski definition) is 2. The molecule has 0 radical (unpaired) electrons. The summed E-state index contributed by atoms with van der Waals surface area (Å²) in [6.45, 7) is 3.67. The molecular formula is C13H20O2S. The summed E-state index contributed by atoms with van der Waals surface area (Å²) in [5, 5.41) is 19.1. The summed E-state index contributed by atoms with van der Waals surface area (Å²) in [4.78, 5) is 0. The number of thioether (sulfide) groups is 1. The van der Waals surface area contributed by atoms with E-state index in [0.717, 1.165) is 5.75 Å². The molecule has 1 aromatic carbocycles. The lowest BCUT2D eigenvalue weighted by Gasteiger charge is -2.28. The normalized spacial score (nSPS) is 16.8. The number of rotatable bonds is 6. The van der Waals surface area contributed by atoms with E-state index in [4.69, 9.17) is 5.11 Å². The molecule has 0 fully saturated rings. The highest BCUT2D eigenvalue weighted by Gasteiger charge is 2.27. The van der Waals surface area contributed by atoms with Crippen LogP contribution in [0.2, 0.25) is 0 Å². The van der Waals surface area contributed by atoms with Gasteiger partial charge >= 0.3 is 0 Å². The Hall–Kier alpha value is -0.510. The van der Waals surface area contributed by atoms with Crippen molar-refractivity contribution in [2.75, 3.05) is 12.4 Å². The zero-order valence-corrected chi connectivity index (χ0v) is 10.7. The largest absolute Gasteiger partial charge is 0.396 e. The van der Waals surface area contributed by atoms with Crippen LogP contribution in [-0.4, -0.2) is 28.2 Å². The molecule has 2 N–H and O–H groups in total. The monoisotopic (exact) mass is 240 g/mol. The Balaban J connectivity index is 2.35. The third-order valence-corrected chi connectivity index (χ3v) is 4.17. The lowest BCUT2D eigenvalue weighted by atomic mass is 9.94. The molecule has 0 amide bonds. The molecule has 1 rings (SSSR count). The summed E-state index contributed by atoms with van der Waals surface area (Å²) in [5.41, 5.74) is 0.466. The van der Waals surface area contributed by atoms with Gasteiger partial charge in [0, 0.05) is 24.0 Å². The fraction of sp³-hybridized carbons (Fsp3) is 0.538. The van der Waals surface area contributed by atoms with Crippen LogP contribution >= 0.6 is 11.8 Å². The topological polar surface area (TPSA) is 40.5 Å². The van der Waals surface area contributed by atoms with Gasteiger partial charge in [0.1, 0.15) is 0 Å². The van der Waals surface area contributed by atoms with E-state index in [1.54, 1.807) is 18.7 Å². The standard InChI is InChI=1S/C13H20O2S/c1-11(8-14)13(2,15)10-16-9-12-6-4-3-5-7-12/h3-7,11,14-15H,8-10H2,1-2H3/t11-,13-/m0/s1. The zero-order valence-electron chi connectivity index (χ0n) is 9.89. The van der Waals surface area contributed by atoms with Gasteiger partial charge in [-0.2, -0.15) is 11.8 Å². The molecule has 2 atom stereocenters. The van der Waals surface area contributed by atoms with Crippen molar-refractivity contribution in [3.05, 3.63) is 35.9 Å². The molecular weight excluding hydrogens is 220 g/mol. The van der Waals surface area contributed by atoms with Gasteiger partial charge in [-0.25, -0.2) is 0 Å². The minimum atomic E-state index is -0.797. The molecule has 90 valence electrons. The predicted octanol–water partition coefficient (Wildman–Crippen LogP) is 2.30. The molecule has 0 unspecified atom stereocenters. The molecule has 1 aromatic rings. The number of benzene rings is 1. The first-order valence-corrected chi connectivity index (χ1v) is 6.66. The van der Waals surface area contributed by atoms with Crippen LogP contribution in [0.5, 0.6) is 0 Å². The minimum absolute atomic E-state index is 0.0267. The minimum Gasteiger partial charge on any atom is -0.396 e. The van der Waals surface area contributed by atoms with Crippen LogP contribution in [0.3, 0.4) is 0 Å². The second kappa shape index (κ2) is 6.28. The average molecular weight is 240 g/mol. The van der Waals surface area contributed by atoms with Gasteiger partial charge in [-0.3, -0.25) is 0 Å². The van der Waals surface area contributed by atoms with E-state index < -0.39 is 5.60 Å². The molecule has 0 aliphatic carbocycles. The molecule has 0 bridgehead atoms. The van der Waals surface area contributed by atoms with E-state index in [-0.39, 0.29) is 12.5 Å². The molecule has 0 aliphatic rings. The first-order chi connectivity index (χ1) is 7.56. The maximum absolute atomic E-state index is 10.1. The summed E-state index contributed by atoms with van der Waals surface area (Å²) in [5.74, 6) is 1.45. The Bertz CT molecular complexity index is 298. The predicted molar refractivity (Wildman–Crippen MR) is 69.5 cm³/mol. The molecule has 0 heterocycles. The van der Waals surface area contributed by atoms with Gasteiger partial charge in [-0.1, -0.05) is 37.3 Å². The van der Waals surface area contributed by atoms with Crippen LogP contribution < -0.4 is 0 Å². The molecule has 0 spiro atoms. The Labute approximate surface area is 102 Å². The van der Waals surface area contributed by atoms with E-state index in [2.05, 4.69) is 12.1 Å². The van der Waals surface area contributed by atoms with Crippen molar-refractivity contribution in [2.45, 2.75) is 25.2 Å². The van der Waals surface area contributed by atoms with Crippen LogP contribution in [0.15, 0.2) is 30.3 Å². The maximum atomic E-state index is 10.1. The van der Waals surface area contributed by atoms with Crippen molar-refractivity contribution in [1.82, 2.24) is 0 Å². The first kappa shape index (κ1) is 13.6.